The third-order valence-corrected chi connectivity index (χ3v) is 5.39. The minimum Gasteiger partial charge on any atom is -0.362 e. The minimum absolute atomic E-state index is 0.687. The van der Waals surface area contributed by atoms with Crippen LogP contribution in [0.3, 0.4) is 0 Å². The van der Waals surface area contributed by atoms with Crippen LogP contribution in [0.25, 0.3) is 0 Å². The maximum absolute atomic E-state index is 4.64. The number of thiazole rings is 1. The predicted octanol–water partition coefficient (Wildman–Crippen LogP) is 2.81. The van der Waals surface area contributed by atoms with Gasteiger partial charge in [0.2, 0.25) is 0 Å². The highest BCUT2D eigenvalue weighted by molar-refractivity contribution is 8.13. The molecule has 1 N–H and O–H groups in total. The van der Waals surface area contributed by atoms with E-state index in [9.17, 15) is 0 Å². The highest BCUT2D eigenvalue weighted by Gasteiger charge is 2.31. The van der Waals surface area contributed by atoms with Gasteiger partial charge in [0.05, 0.1) is 17.2 Å². The molecule has 92 valence electrons. The van der Waals surface area contributed by atoms with Gasteiger partial charge in [-0.25, -0.2) is 4.98 Å². The molecule has 1 saturated heterocycles. The first-order valence-corrected chi connectivity index (χ1v) is 8.02. The monoisotopic (exact) mass is 267 g/mol. The van der Waals surface area contributed by atoms with Gasteiger partial charge in [0, 0.05) is 17.2 Å². The number of aromatic nitrogens is 1. The van der Waals surface area contributed by atoms with Crippen molar-refractivity contribution in [2.45, 2.75) is 38.8 Å². The van der Waals surface area contributed by atoms with Crippen molar-refractivity contribution in [3.05, 3.63) is 16.1 Å². The van der Waals surface area contributed by atoms with Gasteiger partial charge in [-0.2, -0.15) is 0 Å². The molecular weight excluding hydrogens is 250 g/mol. The van der Waals surface area contributed by atoms with E-state index in [1.54, 1.807) is 11.3 Å². The van der Waals surface area contributed by atoms with Gasteiger partial charge in [-0.15, -0.1) is 11.3 Å². The first kappa shape index (κ1) is 11.5. The summed E-state index contributed by atoms with van der Waals surface area (Å²) < 4.78 is 0. The van der Waals surface area contributed by atoms with Crippen LogP contribution in [0.4, 0.5) is 0 Å². The average Bonchev–Trinajstić information content (AvgIpc) is 2.94. The molecule has 1 aliphatic heterocycles. The zero-order valence-corrected chi connectivity index (χ0v) is 11.6. The molecular formula is C12H17N3S2. The third kappa shape index (κ3) is 2.65. The van der Waals surface area contributed by atoms with Gasteiger partial charge in [0.15, 0.2) is 5.17 Å². The largest absolute Gasteiger partial charge is 0.362 e. The lowest BCUT2D eigenvalue weighted by Gasteiger charge is -2.27. The fourth-order valence-electron chi connectivity index (χ4n) is 2.54. The van der Waals surface area contributed by atoms with Crippen LogP contribution in [0.5, 0.6) is 0 Å². The number of aliphatic imine (C=N–C) groups is 1. The number of nitrogens with zero attached hydrogens (tertiary/aromatic N) is 2. The van der Waals surface area contributed by atoms with E-state index in [4.69, 9.17) is 0 Å². The maximum atomic E-state index is 4.64. The number of hydrogen-bond acceptors (Lipinski definition) is 4. The lowest BCUT2D eigenvalue weighted by Crippen LogP contribution is -2.41. The molecule has 17 heavy (non-hydrogen) atoms. The van der Waals surface area contributed by atoms with E-state index in [0.717, 1.165) is 28.3 Å². The van der Waals surface area contributed by atoms with Crippen LogP contribution in [0.15, 0.2) is 10.4 Å². The van der Waals surface area contributed by atoms with Gasteiger partial charge >= 0.3 is 0 Å². The van der Waals surface area contributed by atoms with Crippen molar-refractivity contribution < 1.29 is 0 Å². The van der Waals surface area contributed by atoms with Crippen LogP contribution in [-0.4, -0.2) is 21.9 Å². The molecule has 0 bridgehead atoms. The summed E-state index contributed by atoms with van der Waals surface area (Å²) in [6.45, 7) is 2.76. The van der Waals surface area contributed by atoms with Crippen molar-refractivity contribution in [3.8, 4) is 0 Å². The van der Waals surface area contributed by atoms with E-state index < -0.39 is 0 Å². The number of thioether (sulfide) groups is 1. The Kier molecular flexibility index (Phi) is 3.38. The number of hydrogen-bond donors (Lipinski definition) is 1. The Hall–Kier alpha value is -0.550. The van der Waals surface area contributed by atoms with Crippen molar-refractivity contribution in [1.29, 1.82) is 0 Å². The number of aryl methyl sites for hydroxylation is 1. The molecule has 0 amide bonds. The molecule has 1 saturated carbocycles. The summed E-state index contributed by atoms with van der Waals surface area (Å²) in [5, 5.41) is 7.93. The number of fused-ring (bicyclic) bond motifs is 1. The summed E-state index contributed by atoms with van der Waals surface area (Å²) in [5.74, 6) is 2.12. The van der Waals surface area contributed by atoms with Crippen LogP contribution in [-0.2, 0) is 6.54 Å². The zero-order valence-electron chi connectivity index (χ0n) is 9.98. The Morgan fingerprint density at radius 2 is 2.47 bits per heavy atom. The van der Waals surface area contributed by atoms with E-state index in [1.807, 2.05) is 18.7 Å². The molecule has 0 radical (unpaired) electrons. The minimum atomic E-state index is 0.687. The van der Waals surface area contributed by atoms with Crippen LogP contribution < -0.4 is 5.32 Å². The Balaban J connectivity index is 1.61. The smallest absolute Gasteiger partial charge is 0.157 e. The number of rotatable bonds is 2. The molecule has 1 aromatic heterocycles. The highest BCUT2D eigenvalue weighted by atomic mass is 32.2. The lowest BCUT2D eigenvalue weighted by atomic mass is 10.1. The van der Waals surface area contributed by atoms with E-state index in [1.165, 1.54) is 25.0 Å². The second-order valence-corrected chi connectivity index (χ2v) is 6.80. The molecule has 2 aliphatic rings. The second kappa shape index (κ2) is 4.98. The van der Waals surface area contributed by atoms with Crippen LogP contribution in [0.1, 0.15) is 30.0 Å². The van der Waals surface area contributed by atoms with Gasteiger partial charge in [-0.3, -0.25) is 4.99 Å². The topological polar surface area (TPSA) is 37.3 Å². The summed E-state index contributed by atoms with van der Waals surface area (Å²) in [6, 6.07) is 0.687. The van der Waals surface area contributed by atoms with E-state index >= 15 is 0 Å². The molecule has 3 rings (SSSR count). The third-order valence-electron chi connectivity index (χ3n) is 3.45. The van der Waals surface area contributed by atoms with Gasteiger partial charge in [0.25, 0.3) is 0 Å². The Labute approximate surface area is 110 Å². The summed E-state index contributed by atoms with van der Waals surface area (Å²) >= 11 is 3.58. The fourth-order valence-corrected chi connectivity index (χ4v) is 4.30. The zero-order chi connectivity index (χ0) is 11.7. The fraction of sp³-hybridized carbons (Fsp3) is 0.667. The number of nitrogens with one attached hydrogen (secondary N) is 1. The van der Waals surface area contributed by atoms with Crippen molar-refractivity contribution in [1.82, 2.24) is 10.3 Å². The molecule has 0 spiro atoms. The molecule has 1 aromatic rings. The molecule has 0 aromatic carbocycles. The first-order valence-electron chi connectivity index (χ1n) is 6.16. The molecule has 2 fully saturated rings. The van der Waals surface area contributed by atoms with Crippen molar-refractivity contribution in [3.63, 3.8) is 0 Å². The lowest BCUT2D eigenvalue weighted by molar-refractivity contribution is 0.489. The van der Waals surface area contributed by atoms with Crippen molar-refractivity contribution in [2.75, 3.05) is 5.75 Å². The molecule has 2 atom stereocenters. The highest BCUT2D eigenvalue weighted by Crippen LogP contribution is 2.32. The Morgan fingerprint density at radius 1 is 1.53 bits per heavy atom. The molecule has 2 unspecified atom stereocenters. The predicted molar refractivity (Wildman–Crippen MR) is 74.7 cm³/mol. The van der Waals surface area contributed by atoms with Crippen LogP contribution in [0.2, 0.25) is 0 Å². The summed E-state index contributed by atoms with van der Waals surface area (Å²) in [4.78, 5) is 9.08. The quantitative estimate of drug-likeness (QED) is 0.895. The standard InChI is InChI=1S/C12H17N3S2/c1-8-14-10(7-16-8)5-13-12-15-11-4-2-3-9(11)6-17-12/h7,9,11H,2-6H2,1H3,(H,13,15). The number of amidine groups is 1. The maximum Gasteiger partial charge on any atom is 0.157 e. The normalized spacial score (nSPS) is 30.3. The van der Waals surface area contributed by atoms with Gasteiger partial charge in [0.1, 0.15) is 0 Å². The molecule has 5 heteroatoms. The summed E-state index contributed by atoms with van der Waals surface area (Å²) in [5.41, 5.74) is 1.09. The molecule has 2 heterocycles. The van der Waals surface area contributed by atoms with Crippen LogP contribution >= 0.6 is 23.1 Å². The second-order valence-electron chi connectivity index (χ2n) is 4.73. The molecule has 1 aliphatic carbocycles. The van der Waals surface area contributed by atoms with Crippen molar-refractivity contribution >= 4 is 28.3 Å². The van der Waals surface area contributed by atoms with Gasteiger partial charge in [-0.05, 0) is 25.7 Å². The van der Waals surface area contributed by atoms with E-state index in [2.05, 4.69) is 20.7 Å². The van der Waals surface area contributed by atoms with Gasteiger partial charge < -0.3 is 5.32 Å². The Bertz CT molecular complexity index is 427. The SMILES string of the molecule is Cc1nc(CN=C2NC3CCCC3CS2)cs1. The van der Waals surface area contributed by atoms with Crippen LogP contribution in [0, 0.1) is 12.8 Å². The molecule has 3 nitrogen and oxygen atoms in total. The first-order chi connectivity index (χ1) is 8.31. The summed E-state index contributed by atoms with van der Waals surface area (Å²) in [7, 11) is 0. The summed E-state index contributed by atoms with van der Waals surface area (Å²) in [6.07, 6.45) is 4.09. The van der Waals surface area contributed by atoms with Gasteiger partial charge in [-0.1, -0.05) is 18.2 Å². The Morgan fingerprint density at radius 3 is 3.29 bits per heavy atom. The van der Waals surface area contributed by atoms with E-state index in [0.29, 0.717) is 6.04 Å². The average molecular weight is 267 g/mol. The van der Waals surface area contributed by atoms with Crippen molar-refractivity contribution in [2.24, 2.45) is 10.9 Å². The van der Waals surface area contributed by atoms with E-state index in [-0.39, 0.29) is 0 Å².